The molecule has 520 valence electrons. The van der Waals surface area contributed by atoms with Crippen LogP contribution in [-0.4, -0.2) is 59.9 Å². The Morgan fingerprint density at radius 2 is 0.641 bits per heavy atom. The van der Waals surface area contributed by atoms with Crippen LogP contribution in [0.1, 0.15) is 86.1 Å². The number of fused-ring (bicyclic) bond motifs is 6. The van der Waals surface area contributed by atoms with Crippen LogP contribution in [0.2, 0.25) is 0 Å². The van der Waals surface area contributed by atoms with Gasteiger partial charge in [-0.1, -0.05) is 210 Å². The summed E-state index contributed by atoms with van der Waals surface area (Å²) in [6.07, 6.45) is 0. The Morgan fingerprint density at radius 1 is 0.359 bits per heavy atom. The van der Waals surface area contributed by atoms with E-state index in [0.717, 1.165) is 111 Å². The molecule has 2 aromatic heterocycles. The number of benzene rings is 12. The van der Waals surface area contributed by atoms with Gasteiger partial charge in [0.05, 0.1) is 58.0 Å². The van der Waals surface area contributed by atoms with E-state index in [2.05, 4.69) is 123 Å². The van der Waals surface area contributed by atoms with Crippen molar-refractivity contribution >= 4 is 66.4 Å². The van der Waals surface area contributed by atoms with Gasteiger partial charge in [0, 0.05) is 71.4 Å². The molecule has 0 atom stereocenters. The quantitative estimate of drug-likeness (QED) is 0.103. The zero-order valence-corrected chi connectivity index (χ0v) is 63.8. The third kappa shape index (κ3) is 16.4. The Balaban J connectivity index is 0.000000184. The number of phenols is 2. The van der Waals surface area contributed by atoms with Crippen LogP contribution in [0.4, 0.5) is 22.7 Å². The Hall–Kier alpha value is -10.4. The van der Waals surface area contributed by atoms with Crippen LogP contribution < -0.4 is 20.0 Å². The second kappa shape index (κ2) is 32.7. The molecule has 12 aromatic carbocycles. The summed E-state index contributed by atoms with van der Waals surface area (Å²) >= 11 is 0. The van der Waals surface area contributed by atoms with Gasteiger partial charge in [0.25, 0.3) is 0 Å². The van der Waals surface area contributed by atoms with E-state index in [-0.39, 0.29) is 60.0 Å². The van der Waals surface area contributed by atoms with Gasteiger partial charge in [-0.25, -0.2) is 0 Å². The minimum absolute atomic E-state index is 0. The summed E-state index contributed by atoms with van der Waals surface area (Å²) in [5, 5.41) is 56.8. The van der Waals surface area contributed by atoms with E-state index >= 15 is 0 Å². The van der Waals surface area contributed by atoms with Crippen molar-refractivity contribution in [1.29, 1.82) is 0 Å². The second-order valence-corrected chi connectivity index (χ2v) is 28.2. The van der Waals surface area contributed by atoms with Crippen LogP contribution in [-0.2, 0) is 46.5 Å². The van der Waals surface area contributed by atoms with Gasteiger partial charge in [0.1, 0.15) is 0 Å². The zero-order chi connectivity index (χ0) is 72.6. The molecular formula is C92H92N4O6Zr. The SMILES string of the molecule is COCCN(c1ccccc1-c1cc(C)cc(C(C)(C)C)c1[O-])c1cc(C)cc(-n2c3ccccc3c3ccccc32)c1O.COCCN(c1ccccc1-c1cc(C)cc(C(C)(C)C)c1[O-])c1cc(C)cc(-n2c3ccccc3c3ccccc32)c1O.[CH2-]c1ccccc1.[CH2-]c1ccccc1.[Zr+4]. The smallest absolute Gasteiger partial charge is 0.872 e. The average Bonchev–Trinajstić information content (AvgIpc) is 1.66. The van der Waals surface area contributed by atoms with Crippen LogP contribution >= 0.6 is 0 Å². The number of aromatic nitrogens is 2. The largest absolute Gasteiger partial charge is 4.00 e. The zero-order valence-electron chi connectivity index (χ0n) is 61.3. The Kier molecular flexibility index (Phi) is 23.9. The molecule has 10 nitrogen and oxygen atoms in total. The number of aryl methyl sites for hydroxylation is 4. The van der Waals surface area contributed by atoms with Crippen molar-refractivity contribution in [3.05, 3.63) is 313 Å². The van der Waals surface area contributed by atoms with Crippen LogP contribution in [0.5, 0.6) is 23.0 Å². The van der Waals surface area contributed by atoms with E-state index in [0.29, 0.717) is 60.2 Å². The normalized spacial score (nSPS) is 11.3. The van der Waals surface area contributed by atoms with Crippen molar-refractivity contribution in [2.45, 2.75) is 80.1 Å². The molecule has 11 heteroatoms. The molecule has 0 saturated carbocycles. The molecule has 0 aliphatic rings. The van der Waals surface area contributed by atoms with Crippen molar-refractivity contribution in [1.82, 2.24) is 9.13 Å². The van der Waals surface area contributed by atoms with Gasteiger partial charge in [-0.2, -0.15) is 49.2 Å². The summed E-state index contributed by atoms with van der Waals surface area (Å²) in [6.45, 7) is 29.9. The monoisotopic (exact) mass is 1440 g/mol. The first-order valence-corrected chi connectivity index (χ1v) is 34.7. The standard InChI is InChI=1S/2C39H40N2O3.2C7H7.Zr/c2*1-25-21-30(37(42)31(22-25)39(3,4)5)29-15-7-10-16-32(29)40(19-20-44-6)35-23-26(2)24-36(38(35)43)41-33-17-11-8-13-27(33)28-14-9-12-18-34(28)41;2*1-7-5-3-2-4-6-7;/h2*7-18,21-24,42-43H,19-20H2,1-6H3;2*2-6H,1H2;/q;;2*-1;+4/p-2. The fourth-order valence-corrected chi connectivity index (χ4v) is 13.6. The maximum atomic E-state index is 14.0. The van der Waals surface area contributed by atoms with Gasteiger partial charge < -0.3 is 48.8 Å². The van der Waals surface area contributed by atoms with Crippen molar-refractivity contribution in [3.8, 4) is 56.6 Å². The third-order valence-electron chi connectivity index (χ3n) is 18.4. The number of aromatic hydroxyl groups is 2. The summed E-state index contributed by atoms with van der Waals surface area (Å²) < 4.78 is 15.4. The van der Waals surface area contributed by atoms with Crippen LogP contribution in [0.3, 0.4) is 0 Å². The van der Waals surface area contributed by atoms with Crippen molar-refractivity contribution < 1.29 is 56.1 Å². The molecule has 0 aliphatic carbocycles. The second-order valence-electron chi connectivity index (χ2n) is 28.2. The molecule has 0 spiro atoms. The number of ether oxygens (including phenoxy) is 2. The molecule has 14 aromatic rings. The average molecular weight is 1440 g/mol. The predicted octanol–water partition coefficient (Wildman–Crippen LogP) is 21.6. The molecule has 2 N–H and O–H groups in total. The fourth-order valence-electron chi connectivity index (χ4n) is 13.6. The topological polar surface area (TPSA) is 121 Å². The minimum Gasteiger partial charge on any atom is -0.872 e. The first-order valence-electron chi connectivity index (χ1n) is 34.7. The number of phenolic OH excluding ortho intramolecular Hbond substituents is 2. The molecule has 0 radical (unpaired) electrons. The molecular weight excluding hydrogens is 1350 g/mol. The Labute approximate surface area is 627 Å². The fraction of sp³-hybridized carbons (Fsp3) is 0.196. The van der Waals surface area contributed by atoms with Gasteiger partial charge in [-0.05, 0) is 133 Å². The van der Waals surface area contributed by atoms with Crippen LogP contribution in [0, 0.1) is 41.5 Å². The van der Waals surface area contributed by atoms with E-state index in [1.807, 2.05) is 234 Å². The van der Waals surface area contributed by atoms with Gasteiger partial charge in [-0.3, -0.25) is 0 Å². The molecule has 0 amide bonds. The Bertz CT molecular complexity index is 4820. The molecule has 0 unspecified atom stereocenters. The third-order valence-corrected chi connectivity index (χ3v) is 18.4. The number of hydrogen-bond donors (Lipinski definition) is 2. The molecule has 103 heavy (non-hydrogen) atoms. The van der Waals surface area contributed by atoms with E-state index in [1.165, 1.54) is 0 Å². The van der Waals surface area contributed by atoms with Gasteiger partial charge in [-0.15, -0.1) is 24.3 Å². The number of hydrogen-bond acceptors (Lipinski definition) is 8. The van der Waals surface area contributed by atoms with Crippen molar-refractivity contribution in [2.24, 2.45) is 0 Å². The minimum atomic E-state index is -0.297. The summed E-state index contributed by atoms with van der Waals surface area (Å²) in [4.78, 5) is 4.16. The van der Waals surface area contributed by atoms with Gasteiger partial charge >= 0.3 is 26.2 Å². The summed E-state index contributed by atoms with van der Waals surface area (Å²) in [5.74, 6) is 0.383. The van der Waals surface area contributed by atoms with Crippen molar-refractivity contribution in [2.75, 3.05) is 50.3 Å². The molecule has 2 heterocycles. The number of para-hydroxylation sites is 6. The predicted molar refractivity (Wildman–Crippen MR) is 423 cm³/mol. The van der Waals surface area contributed by atoms with Crippen molar-refractivity contribution in [3.63, 3.8) is 0 Å². The number of rotatable bonds is 14. The summed E-state index contributed by atoms with van der Waals surface area (Å²) in [6, 6.07) is 84.9. The number of methoxy groups -OCH3 is 2. The van der Waals surface area contributed by atoms with E-state index < -0.39 is 0 Å². The maximum absolute atomic E-state index is 14.0. The van der Waals surface area contributed by atoms with Gasteiger partial charge in [0.15, 0.2) is 11.5 Å². The van der Waals surface area contributed by atoms with E-state index in [4.69, 9.17) is 9.47 Å². The van der Waals surface area contributed by atoms with E-state index in [1.54, 1.807) is 14.2 Å². The number of nitrogens with zero attached hydrogens (tertiary/aromatic N) is 4. The van der Waals surface area contributed by atoms with Gasteiger partial charge in [0.2, 0.25) is 0 Å². The Morgan fingerprint density at radius 3 is 0.932 bits per heavy atom. The first-order chi connectivity index (χ1) is 49.0. The summed E-state index contributed by atoms with van der Waals surface area (Å²) in [7, 11) is 3.35. The molecule has 0 aliphatic heterocycles. The molecule has 14 rings (SSSR count). The molecule has 0 fully saturated rings. The number of anilines is 4. The first kappa shape index (κ1) is 75.3. The van der Waals surface area contributed by atoms with Crippen LogP contribution in [0.15, 0.2) is 255 Å². The maximum Gasteiger partial charge on any atom is 4.00 e. The van der Waals surface area contributed by atoms with E-state index in [9.17, 15) is 20.4 Å². The molecule has 0 bridgehead atoms. The molecule has 0 saturated heterocycles. The summed E-state index contributed by atoms with van der Waals surface area (Å²) in [5.41, 5.74) is 18.6. The van der Waals surface area contributed by atoms with Crippen LogP contribution in [0.25, 0.3) is 77.2 Å².